The van der Waals surface area contributed by atoms with E-state index in [2.05, 4.69) is 15.6 Å². The summed E-state index contributed by atoms with van der Waals surface area (Å²) in [4.78, 5) is 16.4. The maximum atomic E-state index is 12.2. The molecule has 1 aromatic heterocycles. The van der Waals surface area contributed by atoms with Gasteiger partial charge >= 0.3 is 0 Å². The Morgan fingerprint density at radius 1 is 1.09 bits per heavy atom. The molecule has 6 heteroatoms. The number of hydrogen-bond donors (Lipinski definition) is 2. The van der Waals surface area contributed by atoms with Gasteiger partial charge in [0.25, 0.3) is 5.91 Å². The zero-order chi connectivity index (χ0) is 16.2. The molecular formula is C17H17Cl2N3O. The van der Waals surface area contributed by atoms with Gasteiger partial charge in [-0.2, -0.15) is 0 Å². The third-order valence-corrected chi connectivity index (χ3v) is 4.65. The van der Waals surface area contributed by atoms with Crippen LogP contribution in [0.3, 0.4) is 0 Å². The molecule has 0 unspecified atom stereocenters. The molecule has 1 saturated carbocycles. The third-order valence-electron chi connectivity index (χ3n) is 3.91. The Bertz CT molecular complexity index is 697. The first kappa shape index (κ1) is 16.1. The van der Waals surface area contributed by atoms with Crippen molar-refractivity contribution in [2.45, 2.75) is 31.7 Å². The predicted molar refractivity (Wildman–Crippen MR) is 94.5 cm³/mol. The van der Waals surface area contributed by atoms with Crippen molar-refractivity contribution in [3.05, 3.63) is 52.1 Å². The van der Waals surface area contributed by atoms with Crippen LogP contribution in [-0.4, -0.2) is 16.9 Å². The lowest BCUT2D eigenvalue weighted by Crippen LogP contribution is -2.15. The van der Waals surface area contributed by atoms with Crippen molar-refractivity contribution in [3.8, 4) is 0 Å². The maximum absolute atomic E-state index is 12.2. The van der Waals surface area contributed by atoms with E-state index in [-0.39, 0.29) is 5.91 Å². The minimum atomic E-state index is -0.271. The molecular weight excluding hydrogens is 333 g/mol. The van der Waals surface area contributed by atoms with Crippen molar-refractivity contribution in [2.24, 2.45) is 0 Å². The molecule has 0 saturated heterocycles. The summed E-state index contributed by atoms with van der Waals surface area (Å²) in [5.74, 6) is 0.227. The van der Waals surface area contributed by atoms with Crippen LogP contribution in [-0.2, 0) is 0 Å². The van der Waals surface area contributed by atoms with Crippen molar-refractivity contribution in [1.29, 1.82) is 0 Å². The third kappa shape index (κ3) is 4.15. The number of hydrogen-bond acceptors (Lipinski definition) is 3. The molecule has 1 fully saturated rings. The Morgan fingerprint density at radius 2 is 1.87 bits per heavy atom. The molecule has 0 bridgehead atoms. The summed E-state index contributed by atoms with van der Waals surface area (Å²) in [6.45, 7) is 0. The van der Waals surface area contributed by atoms with Crippen LogP contribution < -0.4 is 10.6 Å². The van der Waals surface area contributed by atoms with E-state index in [1.807, 2.05) is 6.07 Å². The number of benzene rings is 1. The van der Waals surface area contributed by atoms with Gasteiger partial charge in [0.1, 0.15) is 5.82 Å². The molecule has 120 valence electrons. The highest BCUT2D eigenvalue weighted by Gasteiger charge is 2.14. The highest BCUT2D eigenvalue weighted by molar-refractivity contribution is 6.42. The fourth-order valence-electron chi connectivity index (χ4n) is 2.68. The highest BCUT2D eigenvalue weighted by Crippen LogP contribution is 2.24. The van der Waals surface area contributed by atoms with Crippen molar-refractivity contribution in [2.75, 3.05) is 10.6 Å². The van der Waals surface area contributed by atoms with Gasteiger partial charge in [-0.15, -0.1) is 0 Å². The number of amides is 1. The summed E-state index contributed by atoms with van der Waals surface area (Å²) < 4.78 is 0. The van der Waals surface area contributed by atoms with E-state index in [9.17, 15) is 4.79 Å². The zero-order valence-electron chi connectivity index (χ0n) is 12.5. The maximum Gasteiger partial charge on any atom is 0.256 e. The number of halogens is 2. The van der Waals surface area contributed by atoms with Gasteiger partial charge < -0.3 is 10.6 Å². The van der Waals surface area contributed by atoms with E-state index < -0.39 is 0 Å². The second-order valence-electron chi connectivity index (χ2n) is 5.64. The standard InChI is InChI=1S/C17H17Cl2N3O/c18-14-7-5-11(9-15(14)19)17(23)22-16-8-6-13(10-20-16)21-12-3-1-2-4-12/h5-10,12,21H,1-4H2,(H,20,22,23). The summed E-state index contributed by atoms with van der Waals surface area (Å²) in [5, 5.41) is 6.98. The zero-order valence-corrected chi connectivity index (χ0v) is 14.0. The van der Waals surface area contributed by atoms with Crippen LogP contribution in [0.15, 0.2) is 36.5 Å². The molecule has 1 heterocycles. The van der Waals surface area contributed by atoms with Crippen LogP contribution in [0.5, 0.6) is 0 Å². The van der Waals surface area contributed by atoms with Gasteiger partial charge in [-0.05, 0) is 43.2 Å². The minimum Gasteiger partial charge on any atom is -0.381 e. The first-order valence-electron chi connectivity index (χ1n) is 7.61. The fourth-order valence-corrected chi connectivity index (χ4v) is 2.98. The quantitative estimate of drug-likeness (QED) is 0.816. The Morgan fingerprint density at radius 3 is 2.52 bits per heavy atom. The summed E-state index contributed by atoms with van der Waals surface area (Å²) in [7, 11) is 0. The van der Waals surface area contributed by atoms with Gasteiger partial charge in [-0.3, -0.25) is 4.79 Å². The summed E-state index contributed by atoms with van der Waals surface area (Å²) in [6.07, 6.45) is 6.71. The SMILES string of the molecule is O=C(Nc1ccc(NC2CCCC2)cn1)c1ccc(Cl)c(Cl)c1. The Balaban J connectivity index is 1.62. The first-order chi connectivity index (χ1) is 11.1. The highest BCUT2D eigenvalue weighted by atomic mass is 35.5. The Kier molecular flexibility index (Phi) is 5.03. The van der Waals surface area contributed by atoms with E-state index in [0.29, 0.717) is 27.5 Å². The molecule has 4 nitrogen and oxygen atoms in total. The number of carbonyl (C=O) groups excluding carboxylic acids is 1. The second-order valence-corrected chi connectivity index (χ2v) is 6.46. The second kappa shape index (κ2) is 7.20. The van der Waals surface area contributed by atoms with Crippen LogP contribution in [0.1, 0.15) is 36.0 Å². The lowest BCUT2D eigenvalue weighted by molar-refractivity contribution is 0.102. The molecule has 3 rings (SSSR count). The van der Waals surface area contributed by atoms with Crippen LogP contribution in [0.25, 0.3) is 0 Å². The van der Waals surface area contributed by atoms with Gasteiger partial charge in [0.2, 0.25) is 0 Å². The molecule has 1 amide bonds. The molecule has 2 N–H and O–H groups in total. The Hall–Kier alpha value is -1.78. The van der Waals surface area contributed by atoms with E-state index >= 15 is 0 Å². The number of anilines is 2. The summed E-state index contributed by atoms with van der Waals surface area (Å²) >= 11 is 11.8. The predicted octanol–water partition coefficient (Wildman–Crippen LogP) is 5.00. The van der Waals surface area contributed by atoms with Crippen LogP contribution in [0.4, 0.5) is 11.5 Å². The molecule has 0 aliphatic heterocycles. The van der Waals surface area contributed by atoms with E-state index in [1.165, 1.54) is 31.7 Å². The largest absolute Gasteiger partial charge is 0.381 e. The minimum absolute atomic E-state index is 0.271. The van der Waals surface area contributed by atoms with Crippen LogP contribution in [0.2, 0.25) is 10.0 Å². The monoisotopic (exact) mass is 349 g/mol. The van der Waals surface area contributed by atoms with Crippen LogP contribution in [0, 0.1) is 0 Å². The smallest absolute Gasteiger partial charge is 0.256 e. The number of nitrogens with one attached hydrogen (secondary N) is 2. The van der Waals surface area contributed by atoms with Crippen molar-refractivity contribution in [1.82, 2.24) is 4.98 Å². The average Bonchev–Trinajstić information content (AvgIpc) is 3.05. The Labute approximate surface area is 145 Å². The topological polar surface area (TPSA) is 54.0 Å². The van der Waals surface area contributed by atoms with Crippen LogP contribution >= 0.6 is 23.2 Å². The fraction of sp³-hybridized carbons (Fsp3) is 0.294. The van der Waals surface area contributed by atoms with Gasteiger partial charge in [0.15, 0.2) is 0 Å². The number of carbonyl (C=O) groups is 1. The normalized spacial score (nSPS) is 14.7. The lowest BCUT2D eigenvalue weighted by atomic mass is 10.2. The van der Waals surface area contributed by atoms with E-state index in [1.54, 1.807) is 24.4 Å². The molecule has 1 aromatic carbocycles. The molecule has 2 aromatic rings. The van der Waals surface area contributed by atoms with E-state index in [4.69, 9.17) is 23.2 Å². The molecule has 1 aliphatic rings. The van der Waals surface area contributed by atoms with Crippen molar-refractivity contribution < 1.29 is 4.79 Å². The molecule has 0 spiro atoms. The van der Waals surface area contributed by atoms with Crippen molar-refractivity contribution >= 4 is 40.6 Å². The molecule has 0 atom stereocenters. The number of rotatable bonds is 4. The number of pyridine rings is 1. The van der Waals surface area contributed by atoms with Gasteiger partial charge in [-0.1, -0.05) is 36.0 Å². The molecule has 0 radical (unpaired) electrons. The summed E-state index contributed by atoms with van der Waals surface area (Å²) in [6, 6.07) is 9.01. The lowest BCUT2D eigenvalue weighted by Gasteiger charge is -2.13. The van der Waals surface area contributed by atoms with Gasteiger partial charge in [0, 0.05) is 11.6 Å². The first-order valence-corrected chi connectivity index (χ1v) is 8.36. The molecule has 23 heavy (non-hydrogen) atoms. The van der Waals surface area contributed by atoms with E-state index in [0.717, 1.165) is 5.69 Å². The van der Waals surface area contributed by atoms with Crippen molar-refractivity contribution in [3.63, 3.8) is 0 Å². The number of nitrogens with zero attached hydrogens (tertiary/aromatic N) is 1. The average molecular weight is 350 g/mol. The van der Waals surface area contributed by atoms with Gasteiger partial charge in [0.05, 0.1) is 21.9 Å². The summed E-state index contributed by atoms with van der Waals surface area (Å²) in [5.41, 5.74) is 1.42. The molecule has 1 aliphatic carbocycles. The van der Waals surface area contributed by atoms with Gasteiger partial charge in [-0.25, -0.2) is 4.98 Å². The number of aromatic nitrogens is 1.